The monoisotopic (exact) mass is 483 g/mol. The Hall–Kier alpha value is -2.89. The Labute approximate surface area is 196 Å². The van der Waals surface area contributed by atoms with Gasteiger partial charge in [-0.05, 0) is 30.2 Å². The Morgan fingerprint density at radius 2 is 1.79 bits per heavy atom. The lowest BCUT2D eigenvalue weighted by Gasteiger charge is -2.22. The van der Waals surface area contributed by atoms with Gasteiger partial charge < -0.3 is 15.7 Å². The number of nitrogens with two attached hydrogens (primary N) is 2. The van der Waals surface area contributed by atoms with E-state index in [9.17, 15) is 13.5 Å². The summed E-state index contributed by atoms with van der Waals surface area (Å²) >= 11 is 1.51. The molecule has 2 aromatic heterocycles. The van der Waals surface area contributed by atoms with Crippen molar-refractivity contribution < 1.29 is 13.5 Å². The van der Waals surface area contributed by atoms with E-state index >= 15 is 0 Å². The maximum absolute atomic E-state index is 11.6. The molecule has 8 nitrogen and oxygen atoms in total. The number of rotatable bonds is 8. The third kappa shape index (κ3) is 4.75. The first kappa shape index (κ1) is 23.3. The van der Waals surface area contributed by atoms with Crippen LogP contribution in [0, 0.1) is 0 Å². The second-order valence-corrected chi connectivity index (χ2v) is 9.92. The number of benzene rings is 2. The maximum atomic E-state index is 11.6. The molecular formula is C23H25N5O3S2. The van der Waals surface area contributed by atoms with Crippen molar-refractivity contribution in [1.82, 2.24) is 9.97 Å². The van der Waals surface area contributed by atoms with Crippen LogP contribution in [0.5, 0.6) is 0 Å². The molecule has 0 spiro atoms. The number of aliphatic hydroxyl groups excluding tert-OH is 1. The molecule has 0 amide bonds. The molecule has 4 rings (SSSR count). The number of primary sulfonamides is 1. The van der Waals surface area contributed by atoms with Crippen LogP contribution in [0.2, 0.25) is 0 Å². The average molecular weight is 484 g/mol. The minimum absolute atomic E-state index is 0.0209. The number of anilines is 1. The topological polar surface area (TPSA) is 135 Å². The van der Waals surface area contributed by atoms with E-state index in [1.165, 1.54) is 23.5 Å². The van der Waals surface area contributed by atoms with Crippen molar-refractivity contribution in [3.8, 4) is 11.1 Å². The van der Waals surface area contributed by atoms with Crippen LogP contribution >= 0.6 is 11.3 Å². The van der Waals surface area contributed by atoms with Crippen LogP contribution in [-0.2, 0) is 10.0 Å². The quantitative estimate of drug-likeness (QED) is 0.351. The predicted molar refractivity (Wildman–Crippen MR) is 132 cm³/mol. The first-order valence-corrected chi connectivity index (χ1v) is 12.8. The van der Waals surface area contributed by atoms with E-state index in [4.69, 9.17) is 20.8 Å². The van der Waals surface area contributed by atoms with Crippen LogP contribution in [-0.4, -0.2) is 43.2 Å². The number of hydrogen-bond donors (Lipinski definition) is 3. The minimum atomic E-state index is -3.80. The van der Waals surface area contributed by atoms with Gasteiger partial charge in [-0.25, -0.2) is 23.5 Å². The van der Waals surface area contributed by atoms with Gasteiger partial charge in [0.25, 0.3) is 0 Å². The number of aromatic nitrogens is 2. The zero-order valence-electron chi connectivity index (χ0n) is 18.0. The van der Waals surface area contributed by atoms with Gasteiger partial charge in [0, 0.05) is 29.4 Å². The van der Waals surface area contributed by atoms with Crippen LogP contribution in [0.3, 0.4) is 0 Å². The SMILES string of the molecule is CCN(CCO)c1nc(C(N)c2ccc(S(N)(=O)=O)cc2)c2c(-c3ccccc3)csc2n1. The number of sulfonamides is 1. The van der Waals surface area contributed by atoms with Gasteiger partial charge in [-0.3, -0.25) is 0 Å². The van der Waals surface area contributed by atoms with Crippen molar-refractivity contribution in [2.24, 2.45) is 10.9 Å². The van der Waals surface area contributed by atoms with Gasteiger partial charge in [0.15, 0.2) is 0 Å². The molecule has 1 unspecified atom stereocenters. The zero-order valence-corrected chi connectivity index (χ0v) is 19.7. The van der Waals surface area contributed by atoms with E-state index in [-0.39, 0.29) is 11.5 Å². The van der Waals surface area contributed by atoms with E-state index in [0.29, 0.717) is 30.3 Å². The van der Waals surface area contributed by atoms with E-state index in [2.05, 4.69) is 0 Å². The van der Waals surface area contributed by atoms with Crippen molar-refractivity contribution >= 4 is 37.5 Å². The second-order valence-electron chi connectivity index (χ2n) is 7.50. The Morgan fingerprint density at radius 1 is 1.09 bits per heavy atom. The van der Waals surface area contributed by atoms with Crippen molar-refractivity contribution in [1.29, 1.82) is 0 Å². The van der Waals surface area contributed by atoms with Gasteiger partial charge in [0.1, 0.15) is 4.83 Å². The molecule has 5 N–H and O–H groups in total. The van der Waals surface area contributed by atoms with Gasteiger partial charge in [-0.2, -0.15) is 0 Å². The first-order valence-electron chi connectivity index (χ1n) is 10.4. The minimum Gasteiger partial charge on any atom is -0.395 e. The lowest BCUT2D eigenvalue weighted by Crippen LogP contribution is -2.29. The van der Waals surface area contributed by atoms with Gasteiger partial charge in [-0.15, -0.1) is 11.3 Å². The standard InChI is InChI=1S/C23H25N5O3S2/c1-2-28(12-13-29)23-26-21(20(24)16-8-10-17(11-9-16)33(25,30)31)19-18(14-32-22(19)27-23)15-6-4-3-5-7-15/h3-11,14,20,29H,2,12-13,24H2,1H3,(H2,25,30,31). The molecule has 0 aliphatic carbocycles. The fraction of sp³-hybridized carbons (Fsp3) is 0.217. The summed E-state index contributed by atoms with van der Waals surface area (Å²) in [6.07, 6.45) is 0. The fourth-order valence-electron chi connectivity index (χ4n) is 3.70. The number of nitrogens with zero attached hydrogens (tertiary/aromatic N) is 3. The van der Waals surface area contributed by atoms with Crippen molar-refractivity contribution in [3.63, 3.8) is 0 Å². The van der Waals surface area contributed by atoms with E-state index in [1.807, 2.05) is 47.5 Å². The van der Waals surface area contributed by atoms with Crippen LogP contribution in [0.15, 0.2) is 64.9 Å². The van der Waals surface area contributed by atoms with Crippen molar-refractivity contribution in [2.75, 3.05) is 24.6 Å². The Balaban J connectivity index is 1.90. The summed E-state index contributed by atoms with van der Waals surface area (Å²) in [7, 11) is -3.80. The molecule has 10 heteroatoms. The highest BCUT2D eigenvalue weighted by molar-refractivity contribution is 7.89. The number of aliphatic hydroxyl groups is 1. The number of hydrogen-bond acceptors (Lipinski definition) is 8. The summed E-state index contributed by atoms with van der Waals surface area (Å²) in [5.74, 6) is 0.493. The van der Waals surface area contributed by atoms with Crippen LogP contribution in [0.4, 0.5) is 5.95 Å². The first-order chi connectivity index (χ1) is 15.8. The molecular weight excluding hydrogens is 458 g/mol. The fourth-order valence-corrected chi connectivity index (χ4v) is 5.16. The van der Waals surface area contributed by atoms with Crippen molar-refractivity contribution in [3.05, 3.63) is 71.2 Å². The highest BCUT2D eigenvalue weighted by Gasteiger charge is 2.23. The van der Waals surface area contributed by atoms with Crippen LogP contribution in [0.25, 0.3) is 21.3 Å². The van der Waals surface area contributed by atoms with E-state index < -0.39 is 16.1 Å². The zero-order chi connectivity index (χ0) is 23.6. The molecule has 172 valence electrons. The molecule has 0 saturated heterocycles. The van der Waals surface area contributed by atoms with Gasteiger partial charge >= 0.3 is 0 Å². The van der Waals surface area contributed by atoms with E-state index in [0.717, 1.165) is 21.3 Å². The molecule has 2 heterocycles. The maximum Gasteiger partial charge on any atom is 0.238 e. The lowest BCUT2D eigenvalue weighted by atomic mass is 9.98. The summed E-state index contributed by atoms with van der Waals surface area (Å²) in [5.41, 5.74) is 10.0. The summed E-state index contributed by atoms with van der Waals surface area (Å²) in [6, 6.07) is 15.5. The van der Waals surface area contributed by atoms with Gasteiger partial charge in [-0.1, -0.05) is 42.5 Å². The molecule has 1 atom stereocenters. The number of thiophene rings is 1. The molecule has 4 aromatic rings. The second kappa shape index (κ2) is 9.54. The molecule has 0 saturated carbocycles. The smallest absolute Gasteiger partial charge is 0.238 e. The van der Waals surface area contributed by atoms with Crippen molar-refractivity contribution in [2.45, 2.75) is 17.9 Å². The molecule has 2 aromatic carbocycles. The molecule has 0 bridgehead atoms. The van der Waals surface area contributed by atoms with Crippen LogP contribution < -0.4 is 15.8 Å². The molecule has 0 radical (unpaired) electrons. The highest BCUT2D eigenvalue weighted by Crippen LogP contribution is 2.38. The number of fused-ring (bicyclic) bond motifs is 1. The summed E-state index contributed by atoms with van der Waals surface area (Å²) < 4.78 is 23.3. The predicted octanol–water partition coefficient (Wildman–Crippen LogP) is 2.87. The Morgan fingerprint density at radius 3 is 2.39 bits per heavy atom. The van der Waals surface area contributed by atoms with Crippen LogP contribution in [0.1, 0.15) is 24.2 Å². The summed E-state index contributed by atoms with van der Waals surface area (Å²) in [6.45, 7) is 2.97. The van der Waals surface area contributed by atoms with Gasteiger partial charge in [0.05, 0.1) is 23.2 Å². The third-order valence-corrected chi connectivity index (χ3v) is 7.23. The Bertz CT molecular complexity index is 1360. The molecule has 0 aliphatic rings. The third-order valence-electron chi connectivity index (χ3n) is 5.43. The molecule has 0 fully saturated rings. The normalized spacial score (nSPS) is 12.7. The largest absolute Gasteiger partial charge is 0.395 e. The summed E-state index contributed by atoms with van der Waals surface area (Å²) in [4.78, 5) is 12.3. The van der Waals surface area contributed by atoms with Gasteiger partial charge in [0.2, 0.25) is 16.0 Å². The average Bonchev–Trinajstić information content (AvgIpc) is 3.25. The molecule has 33 heavy (non-hydrogen) atoms. The lowest BCUT2D eigenvalue weighted by molar-refractivity contribution is 0.301. The number of likely N-dealkylation sites (N-methyl/N-ethyl adjacent to an activating group) is 1. The molecule has 0 aliphatic heterocycles. The Kier molecular flexibility index (Phi) is 6.73. The highest BCUT2D eigenvalue weighted by atomic mass is 32.2. The summed E-state index contributed by atoms with van der Waals surface area (Å²) in [5, 5.41) is 17.6. The van der Waals surface area contributed by atoms with E-state index in [1.54, 1.807) is 12.1 Å².